The van der Waals surface area contributed by atoms with Crippen molar-refractivity contribution in [3.8, 4) is 0 Å². The third kappa shape index (κ3) is 18.6. The molecule has 1 aliphatic heterocycles. The van der Waals surface area contributed by atoms with Gasteiger partial charge in [-0.3, -0.25) is 14.3 Å². The summed E-state index contributed by atoms with van der Waals surface area (Å²) in [5, 5.41) is 25.2. The predicted octanol–water partition coefficient (Wildman–Crippen LogP) is 0.943. The molecule has 57 heavy (non-hydrogen) atoms. The van der Waals surface area contributed by atoms with Crippen LogP contribution >= 0.6 is 11.9 Å². The largest absolute Gasteiger partial charge is 1.00 e. The van der Waals surface area contributed by atoms with E-state index in [1.165, 1.54) is 44.1 Å². The van der Waals surface area contributed by atoms with Gasteiger partial charge < -0.3 is 35.3 Å². The average Bonchev–Trinajstić information content (AvgIpc) is 3.78. The maximum absolute atomic E-state index is 13.6. The zero-order valence-corrected chi connectivity index (χ0v) is 41.3. The van der Waals surface area contributed by atoms with Crippen LogP contribution in [0.3, 0.4) is 0 Å². The van der Waals surface area contributed by atoms with Crippen LogP contribution in [0.4, 0.5) is 17.1 Å². The van der Waals surface area contributed by atoms with Gasteiger partial charge in [0.25, 0.3) is 11.8 Å². The van der Waals surface area contributed by atoms with Crippen LogP contribution in [-0.4, -0.2) is 51.3 Å². The van der Waals surface area contributed by atoms with Crippen molar-refractivity contribution in [2.24, 2.45) is 5.92 Å². The molecule has 1 saturated heterocycles. The molecule has 1 saturated carbocycles. The van der Waals surface area contributed by atoms with Crippen LogP contribution in [0, 0.1) is 5.92 Å². The van der Waals surface area contributed by atoms with Gasteiger partial charge in [-0.2, -0.15) is 7.11 Å². The summed E-state index contributed by atoms with van der Waals surface area (Å²) in [6.07, 6.45) is 11.2. The summed E-state index contributed by atoms with van der Waals surface area (Å²) < 4.78 is 3.19. The van der Waals surface area contributed by atoms with Gasteiger partial charge >= 0.3 is 103 Å². The fourth-order valence-electron chi connectivity index (χ4n) is 6.41. The van der Waals surface area contributed by atoms with Crippen LogP contribution in [0.25, 0.3) is 0 Å². The van der Waals surface area contributed by atoms with Gasteiger partial charge in [0.1, 0.15) is 6.79 Å². The summed E-state index contributed by atoms with van der Waals surface area (Å²) in [4.78, 5) is 49.0. The Labute approximate surface area is 428 Å². The Morgan fingerprint density at radius 2 is 1.33 bits per heavy atom. The standard InChI is InChI=1S/C35H36N4O4S.C7H14.CH3O.CH2O.2K/c1-2-36-44-30-7-5-6-27(22-30)33(40)38-32-19-18-29(39-20-3-4-21-39)23-31(32)34(41)37-28-16-12-25(13-17-28)9-8-24-10-14-26(15-11-24)35(42)43;1-7-5-3-2-4-6-7;2*1-2;;/h5-7,10-19,22-23,36H,2-4,8-9,20-21H2,1H3,(H,37,41)(H,38,40)(H,42,43);7H,2-6H2,1H3;1H3;1H2;;/q;;-1;;2*+1/p-1. The topological polar surface area (TPSA) is 154 Å². The van der Waals surface area contributed by atoms with Crippen molar-refractivity contribution in [3.05, 3.63) is 119 Å². The molecule has 13 heteroatoms. The van der Waals surface area contributed by atoms with Gasteiger partial charge in [-0.05, 0) is 109 Å². The van der Waals surface area contributed by atoms with E-state index in [0.29, 0.717) is 22.5 Å². The molecule has 2 aliphatic rings. The van der Waals surface area contributed by atoms with Crippen molar-refractivity contribution in [1.82, 2.24) is 4.72 Å². The van der Waals surface area contributed by atoms with E-state index in [9.17, 15) is 19.5 Å². The van der Waals surface area contributed by atoms with E-state index in [4.69, 9.17) is 9.90 Å². The molecule has 0 bridgehead atoms. The molecular formula is C44H54K2N4O6S. The number of amides is 2. The molecule has 6 rings (SSSR count). The molecule has 4 aromatic rings. The molecule has 1 heterocycles. The van der Waals surface area contributed by atoms with Gasteiger partial charge in [0, 0.05) is 41.5 Å². The van der Waals surface area contributed by atoms with Gasteiger partial charge in [0.2, 0.25) is 0 Å². The van der Waals surface area contributed by atoms with Crippen LogP contribution in [0.15, 0.2) is 95.9 Å². The van der Waals surface area contributed by atoms with E-state index in [1.54, 1.807) is 36.4 Å². The minimum atomic E-state index is -1.18. The fourth-order valence-corrected chi connectivity index (χ4v) is 7.05. The first-order valence-electron chi connectivity index (χ1n) is 18.9. The quantitative estimate of drug-likeness (QED) is 0.140. The first kappa shape index (κ1) is 53.3. The zero-order chi connectivity index (χ0) is 40.0. The van der Waals surface area contributed by atoms with E-state index >= 15 is 0 Å². The smallest absolute Gasteiger partial charge is 0.857 e. The molecule has 0 unspecified atom stereocenters. The van der Waals surface area contributed by atoms with Gasteiger partial charge in [0.15, 0.2) is 0 Å². The predicted molar refractivity (Wildman–Crippen MR) is 220 cm³/mol. The zero-order valence-electron chi connectivity index (χ0n) is 34.2. The Kier molecular flexibility index (Phi) is 28.4. The molecule has 4 aromatic carbocycles. The molecule has 0 radical (unpaired) electrons. The monoisotopic (exact) mass is 844 g/mol. The minimum Gasteiger partial charge on any atom is -0.857 e. The van der Waals surface area contributed by atoms with Gasteiger partial charge in [-0.25, -0.2) is 0 Å². The van der Waals surface area contributed by atoms with Crippen molar-refractivity contribution < 1.29 is 132 Å². The number of nitrogens with zero attached hydrogens (tertiary/aromatic N) is 1. The van der Waals surface area contributed by atoms with Gasteiger partial charge in [0.05, 0.1) is 17.2 Å². The van der Waals surface area contributed by atoms with Crippen LogP contribution in [0.2, 0.25) is 0 Å². The molecule has 3 N–H and O–H groups in total. The third-order valence-corrected chi connectivity index (χ3v) is 10.3. The number of benzene rings is 4. The molecule has 0 spiro atoms. The number of anilines is 3. The molecule has 1 aliphatic carbocycles. The second-order valence-corrected chi connectivity index (χ2v) is 14.3. The fraction of sp³-hybridized carbons (Fsp3) is 0.364. The third-order valence-electron chi connectivity index (χ3n) is 9.40. The van der Waals surface area contributed by atoms with E-state index in [1.807, 2.05) is 68.3 Å². The van der Waals surface area contributed by atoms with Crippen molar-refractivity contribution in [2.45, 2.75) is 76.5 Å². The summed E-state index contributed by atoms with van der Waals surface area (Å²) in [5.41, 5.74) is 5.23. The van der Waals surface area contributed by atoms with E-state index in [0.717, 1.165) is 80.1 Å². The number of rotatable bonds is 12. The van der Waals surface area contributed by atoms with Crippen molar-refractivity contribution in [3.63, 3.8) is 0 Å². The van der Waals surface area contributed by atoms with Gasteiger partial charge in [-0.1, -0.05) is 88.4 Å². The number of carbonyl (C=O) groups excluding carboxylic acids is 4. The second-order valence-electron chi connectivity index (χ2n) is 13.4. The number of hydrogen-bond donors (Lipinski definition) is 3. The van der Waals surface area contributed by atoms with E-state index < -0.39 is 5.97 Å². The number of carbonyl (C=O) groups is 4. The summed E-state index contributed by atoms with van der Waals surface area (Å²) in [6.45, 7) is 9.05. The van der Waals surface area contributed by atoms with Crippen molar-refractivity contribution in [2.75, 3.05) is 42.3 Å². The number of carboxylic acid groups (broad SMARTS) is 1. The number of nitrogens with one attached hydrogen (secondary N) is 3. The average molecular weight is 845 g/mol. The summed E-state index contributed by atoms with van der Waals surface area (Å²) in [5.74, 6) is -0.742. The Hall–Kier alpha value is -1.70. The summed E-state index contributed by atoms with van der Waals surface area (Å²) in [6, 6.07) is 27.3. The Bertz CT molecular complexity index is 1780. The second kappa shape index (κ2) is 30.3. The van der Waals surface area contributed by atoms with Crippen LogP contribution in [0.5, 0.6) is 0 Å². The number of aromatic carboxylic acids is 1. The first-order valence-corrected chi connectivity index (χ1v) is 19.7. The first-order chi connectivity index (χ1) is 26.8. The Morgan fingerprint density at radius 1 is 0.737 bits per heavy atom. The normalized spacial score (nSPS) is 13.0. The minimum absolute atomic E-state index is 0. The van der Waals surface area contributed by atoms with Crippen LogP contribution in [0.1, 0.15) is 101 Å². The summed E-state index contributed by atoms with van der Waals surface area (Å²) in [7, 11) is 0.750. The van der Waals surface area contributed by atoms with E-state index in [2.05, 4.69) is 27.2 Å². The number of aryl methyl sites for hydroxylation is 2. The van der Waals surface area contributed by atoms with Crippen LogP contribution < -0.4 is 133 Å². The Morgan fingerprint density at radius 3 is 1.88 bits per heavy atom. The van der Waals surface area contributed by atoms with Crippen molar-refractivity contribution >= 4 is 53.6 Å². The maximum atomic E-state index is 13.6. The van der Waals surface area contributed by atoms with Gasteiger partial charge in [-0.15, -0.1) is 0 Å². The number of hydrogen-bond acceptors (Lipinski definition) is 9. The molecule has 0 aromatic heterocycles. The molecule has 10 nitrogen and oxygen atoms in total. The molecule has 2 amide bonds. The van der Waals surface area contributed by atoms with Crippen molar-refractivity contribution in [1.29, 1.82) is 0 Å². The molecule has 0 atom stereocenters. The SMILES string of the molecule is C=O.CC1CCCCC1.CCNSc1cccc(C(=O)Nc2ccc(N3CCCC3)cc2C(=O)Nc2ccc(CCc3ccc(C(=O)[O-])cc3)cc2)c1.C[O-].[K+].[K+]. The van der Waals surface area contributed by atoms with Crippen LogP contribution in [-0.2, 0) is 17.6 Å². The maximum Gasteiger partial charge on any atom is 1.00 e. The molecule has 2 fully saturated rings. The Balaban J connectivity index is 0.00000110. The number of carboxylic acids is 1. The van der Waals surface area contributed by atoms with E-state index in [-0.39, 0.29) is 120 Å². The molecule has 294 valence electrons. The summed E-state index contributed by atoms with van der Waals surface area (Å²) >= 11 is 1.47. The molecular weight excluding hydrogens is 791 g/mol.